The smallest absolute Gasteiger partial charge is 0.220 e. The summed E-state index contributed by atoms with van der Waals surface area (Å²) in [6.07, 6.45) is 59.7. The van der Waals surface area contributed by atoms with Crippen molar-refractivity contribution < 1.29 is 64.6 Å². The summed E-state index contributed by atoms with van der Waals surface area (Å²) in [5.74, 6) is -0.240. The average Bonchev–Trinajstić information content (AvgIpc) is 1.30. The molecule has 14 heteroatoms. The minimum Gasteiger partial charge on any atom is -0.394 e. The van der Waals surface area contributed by atoms with Gasteiger partial charge in [0.25, 0.3) is 0 Å². The Morgan fingerprint density at radius 2 is 0.719 bits per heavy atom. The van der Waals surface area contributed by atoms with Crippen molar-refractivity contribution in [3.05, 3.63) is 24.3 Å². The van der Waals surface area contributed by atoms with Crippen molar-refractivity contribution in [2.45, 2.75) is 428 Å². The van der Waals surface area contributed by atoms with Crippen molar-refractivity contribution in [2.75, 3.05) is 19.8 Å². The van der Waals surface area contributed by atoms with Gasteiger partial charge in [-0.15, -0.1) is 0 Å². The molecule has 0 saturated carbocycles. The van der Waals surface area contributed by atoms with E-state index in [4.69, 9.17) is 18.9 Å². The molecule has 2 rings (SSSR count). The Balaban J connectivity index is 1.65. The highest BCUT2D eigenvalue weighted by Crippen LogP contribution is 2.30. The van der Waals surface area contributed by atoms with E-state index in [0.29, 0.717) is 12.8 Å². The molecule has 12 unspecified atom stereocenters. The van der Waals surface area contributed by atoms with Crippen LogP contribution < -0.4 is 5.32 Å². The first-order valence-corrected chi connectivity index (χ1v) is 38.1. The van der Waals surface area contributed by atoms with E-state index >= 15 is 0 Å². The number of ether oxygens (including phenoxy) is 4. The van der Waals surface area contributed by atoms with E-state index in [1.165, 1.54) is 289 Å². The molecule has 1 amide bonds. The van der Waals surface area contributed by atoms with Crippen LogP contribution in [-0.4, -0.2) is 140 Å². The van der Waals surface area contributed by atoms with Gasteiger partial charge in [-0.1, -0.05) is 340 Å². The van der Waals surface area contributed by atoms with Crippen molar-refractivity contribution in [3.63, 3.8) is 0 Å². The second-order valence-corrected chi connectivity index (χ2v) is 27.1. The molecule has 9 N–H and O–H groups in total. The van der Waals surface area contributed by atoms with Crippen LogP contribution in [0, 0.1) is 0 Å². The molecule has 2 heterocycles. The largest absolute Gasteiger partial charge is 0.394 e. The van der Waals surface area contributed by atoms with Crippen LogP contribution in [0.15, 0.2) is 24.3 Å². The maximum atomic E-state index is 13.4. The SMILES string of the molecule is CCCCCCCCCCCCCCCCCCCCCC/C=C/CC/C=C/C(O)C(COC1OC(CO)C(OC2OC(CO)C(O)C(O)C2O)C(O)C1O)NC(=O)CCCCCCCCCCCCCCCCCCCCCCCCCCCCCCC. The normalized spacial score (nSPS) is 23.1. The molecule has 2 aliphatic heterocycles. The minimum absolute atomic E-state index is 0.240. The summed E-state index contributed by atoms with van der Waals surface area (Å²) in [5.41, 5.74) is 0. The molecule has 0 aliphatic carbocycles. The van der Waals surface area contributed by atoms with E-state index in [-0.39, 0.29) is 18.9 Å². The summed E-state index contributed by atoms with van der Waals surface area (Å²) in [6, 6.07) is -0.930. The van der Waals surface area contributed by atoms with Gasteiger partial charge in [0.2, 0.25) is 5.91 Å². The number of nitrogens with one attached hydrogen (secondary N) is 1. The Hall–Kier alpha value is -1.53. The van der Waals surface area contributed by atoms with E-state index in [1.807, 2.05) is 6.08 Å². The number of rotatable bonds is 64. The first-order valence-electron chi connectivity index (χ1n) is 38.1. The topological polar surface area (TPSA) is 228 Å². The van der Waals surface area contributed by atoms with Gasteiger partial charge in [-0.25, -0.2) is 0 Å². The number of hydrogen-bond acceptors (Lipinski definition) is 13. The number of aliphatic hydroxyl groups is 8. The number of amides is 1. The number of carbonyl (C=O) groups excluding carboxylic acids is 1. The molecule has 14 nitrogen and oxygen atoms in total. The van der Waals surface area contributed by atoms with Gasteiger partial charge < -0.3 is 65.1 Å². The van der Waals surface area contributed by atoms with Crippen LogP contribution in [0.1, 0.15) is 354 Å². The van der Waals surface area contributed by atoms with Gasteiger partial charge in [-0.3, -0.25) is 4.79 Å². The maximum absolute atomic E-state index is 13.4. The second-order valence-electron chi connectivity index (χ2n) is 27.1. The number of aliphatic hydroxyl groups excluding tert-OH is 8. The highest BCUT2D eigenvalue weighted by Gasteiger charge is 2.51. The standard InChI is InChI=1S/C75H143NO13/c1-3-5-7-9-11-13-15-17-19-21-23-25-27-29-31-32-33-35-37-39-41-43-45-47-49-51-53-55-57-59-67(80)76-63(62-86-74-72(85)70(83)73(66(61-78)88-74)89-75-71(84)69(82)68(81)65(60-77)87-75)64(79)58-56-54-52-50-48-46-44-42-40-38-36-34-30-28-26-24-22-20-18-16-14-12-10-8-6-4-2/h48,50,56,58,63-66,68-75,77-79,81-85H,3-47,49,51-55,57,59-62H2,1-2H3,(H,76,80)/b50-48+,58-56+. The van der Waals surface area contributed by atoms with E-state index in [1.54, 1.807) is 6.08 Å². The molecule has 0 aromatic rings. The zero-order chi connectivity index (χ0) is 64.5. The first-order chi connectivity index (χ1) is 43.6. The second kappa shape index (κ2) is 60.2. The van der Waals surface area contributed by atoms with Gasteiger partial charge in [-0.2, -0.15) is 0 Å². The minimum atomic E-state index is -1.79. The molecule has 0 aromatic heterocycles. The molecule has 0 radical (unpaired) electrons. The number of hydrogen-bond donors (Lipinski definition) is 9. The Morgan fingerprint density at radius 1 is 0.393 bits per heavy atom. The van der Waals surface area contributed by atoms with Gasteiger partial charge in [0.05, 0.1) is 32.0 Å². The number of allylic oxidation sites excluding steroid dienone is 3. The van der Waals surface area contributed by atoms with Crippen molar-refractivity contribution in [1.29, 1.82) is 0 Å². The molecule has 526 valence electrons. The van der Waals surface area contributed by atoms with Crippen LogP contribution in [0.4, 0.5) is 0 Å². The van der Waals surface area contributed by atoms with Crippen LogP contribution in [0.5, 0.6) is 0 Å². The van der Waals surface area contributed by atoms with E-state index in [0.717, 1.165) is 32.1 Å². The summed E-state index contributed by atoms with van der Waals surface area (Å²) in [7, 11) is 0. The van der Waals surface area contributed by atoms with Crippen LogP contribution in [-0.2, 0) is 23.7 Å². The molecule has 89 heavy (non-hydrogen) atoms. The highest BCUT2D eigenvalue weighted by atomic mass is 16.7. The van der Waals surface area contributed by atoms with Crippen molar-refractivity contribution in [3.8, 4) is 0 Å². The molecule has 2 saturated heterocycles. The molecule has 0 aromatic carbocycles. The quantitative estimate of drug-likeness (QED) is 0.0204. The summed E-state index contributed by atoms with van der Waals surface area (Å²) >= 11 is 0. The number of unbranched alkanes of at least 4 members (excludes halogenated alkanes) is 49. The molecule has 0 bridgehead atoms. The third-order valence-electron chi connectivity index (χ3n) is 18.9. The Bertz CT molecular complexity index is 1590. The fraction of sp³-hybridized carbons (Fsp3) is 0.933. The van der Waals surface area contributed by atoms with E-state index < -0.39 is 86.8 Å². The summed E-state index contributed by atoms with van der Waals surface area (Å²) in [6.45, 7) is 2.85. The molecule has 0 spiro atoms. The predicted octanol–water partition coefficient (Wildman–Crippen LogP) is 16.3. The monoisotopic (exact) mass is 1270 g/mol. The van der Waals surface area contributed by atoms with Gasteiger partial charge in [0.15, 0.2) is 12.6 Å². The fourth-order valence-electron chi connectivity index (χ4n) is 12.8. The number of carbonyl (C=O) groups is 1. The molecule has 2 fully saturated rings. The lowest BCUT2D eigenvalue weighted by molar-refractivity contribution is -0.359. The lowest BCUT2D eigenvalue weighted by atomic mass is 9.97. The van der Waals surface area contributed by atoms with Crippen LogP contribution >= 0.6 is 0 Å². The first kappa shape index (κ1) is 83.6. The van der Waals surface area contributed by atoms with Crippen LogP contribution in [0.3, 0.4) is 0 Å². The van der Waals surface area contributed by atoms with E-state index in [2.05, 4.69) is 31.3 Å². The third kappa shape index (κ3) is 44.0. The average molecular weight is 1270 g/mol. The van der Waals surface area contributed by atoms with Crippen molar-refractivity contribution in [2.24, 2.45) is 0 Å². The van der Waals surface area contributed by atoms with Crippen molar-refractivity contribution in [1.82, 2.24) is 5.32 Å². The van der Waals surface area contributed by atoms with Gasteiger partial charge in [0, 0.05) is 6.42 Å². The van der Waals surface area contributed by atoms with Gasteiger partial charge in [0.1, 0.15) is 48.8 Å². The summed E-state index contributed by atoms with van der Waals surface area (Å²) in [5, 5.41) is 87.5. The van der Waals surface area contributed by atoms with Crippen LogP contribution in [0.2, 0.25) is 0 Å². The summed E-state index contributed by atoms with van der Waals surface area (Å²) in [4.78, 5) is 13.4. The zero-order valence-corrected chi connectivity index (χ0v) is 57.5. The van der Waals surface area contributed by atoms with Gasteiger partial charge >= 0.3 is 0 Å². The Morgan fingerprint density at radius 3 is 1.10 bits per heavy atom. The zero-order valence-electron chi connectivity index (χ0n) is 57.5. The van der Waals surface area contributed by atoms with Gasteiger partial charge in [-0.05, 0) is 32.1 Å². The molecule has 2 aliphatic rings. The Kier molecular flexibility index (Phi) is 56.5. The van der Waals surface area contributed by atoms with E-state index in [9.17, 15) is 45.6 Å². The molecular weight excluding hydrogens is 1120 g/mol. The predicted molar refractivity (Wildman–Crippen MR) is 365 cm³/mol. The molecular formula is C75H143NO13. The highest BCUT2D eigenvalue weighted by molar-refractivity contribution is 5.76. The summed E-state index contributed by atoms with van der Waals surface area (Å²) < 4.78 is 22.9. The third-order valence-corrected chi connectivity index (χ3v) is 18.9. The molecule has 12 atom stereocenters. The van der Waals surface area contributed by atoms with Crippen LogP contribution in [0.25, 0.3) is 0 Å². The lowest BCUT2D eigenvalue weighted by Crippen LogP contribution is -2.65. The van der Waals surface area contributed by atoms with Crippen molar-refractivity contribution >= 4 is 5.91 Å². The Labute approximate surface area is 545 Å². The lowest BCUT2D eigenvalue weighted by Gasteiger charge is -2.46. The fourth-order valence-corrected chi connectivity index (χ4v) is 12.8. The maximum Gasteiger partial charge on any atom is 0.220 e.